The molecule has 0 N–H and O–H groups in total. The molecule has 0 heterocycles. The quantitative estimate of drug-likeness (QED) is 0.485. The molecule has 0 atom stereocenters. The first-order valence-electron chi connectivity index (χ1n) is 4.45. The average Bonchev–Trinajstić information content (AvgIpc) is 2.09. The van der Waals surface area contributed by atoms with Gasteiger partial charge in [-0.05, 0) is 23.9 Å². The number of rotatable bonds is 1. The lowest BCUT2D eigenvalue weighted by Crippen LogP contribution is -2.15. The molecule has 0 saturated heterocycles. The molecular formula is C9H2F10S. The van der Waals surface area contributed by atoms with Crippen LogP contribution in [0.5, 0.6) is 0 Å². The third-order valence-electron chi connectivity index (χ3n) is 1.89. The van der Waals surface area contributed by atoms with E-state index >= 15 is 0 Å². The highest BCUT2D eigenvalue weighted by atomic mass is 32.2. The molecule has 0 unspecified atom stereocenters. The van der Waals surface area contributed by atoms with Crippen molar-refractivity contribution in [2.75, 3.05) is 0 Å². The van der Waals surface area contributed by atoms with Crippen molar-refractivity contribution in [2.45, 2.75) is 22.8 Å². The van der Waals surface area contributed by atoms with Crippen molar-refractivity contribution < 1.29 is 43.9 Å². The number of benzene rings is 1. The Hall–Kier alpha value is -1.13. The molecule has 0 radical (unpaired) electrons. The normalized spacial score (nSPS) is 13.7. The van der Waals surface area contributed by atoms with Crippen LogP contribution in [0, 0.1) is 5.82 Å². The first-order chi connectivity index (χ1) is 8.72. The fourth-order valence-electron chi connectivity index (χ4n) is 1.23. The van der Waals surface area contributed by atoms with Gasteiger partial charge in [0.2, 0.25) is 0 Å². The SMILES string of the molecule is Fc1cc(C(F)(F)F)cc(SC(F)(F)F)c1C(F)(F)F. The Kier molecular flexibility index (Phi) is 4.24. The van der Waals surface area contributed by atoms with E-state index in [1.54, 1.807) is 0 Å². The fourth-order valence-corrected chi connectivity index (χ4v) is 1.98. The number of alkyl halides is 9. The molecule has 0 saturated carbocycles. The second-order valence-corrected chi connectivity index (χ2v) is 4.48. The van der Waals surface area contributed by atoms with Crippen LogP contribution in [0.25, 0.3) is 0 Å². The molecule has 0 aliphatic heterocycles. The lowest BCUT2D eigenvalue weighted by atomic mass is 10.1. The molecule has 0 nitrogen and oxygen atoms in total. The standard InChI is InChI=1S/C9H2F10S/c10-4-1-3(7(11,12)13)2-5(20-9(17,18)19)6(4)8(14,15)16/h1-2H. The van der Waals surface area contributed by atoms with Crippen LogP contribution in [0.4, 0.5) is 43.9 Å². The molecule has 1 aromatic carbocycles. The van der Waals surface area contributed by atoms with Gasteiger partial charge in [-0.2, -0.15) is 39.5 Å². The van der Waals surface area contributed by atoms with E-state index in [2.05, 4.69) is 0 Å². The second kappa shape index (κ2) is 5.01. The van der Waals surface area contributed by atoms with Crippen LogP contribution >= 0.6 is 11.8 Å². The van der Waals surface area contributed by atoms with Gasteiger partial charge in [0.15, 0.2) is 0 Å². The maximum absolute atomic E-state index is 13.1. The van der Waals surface area contributed by atoms with Gasteiger partial charge in [-0.3, -0.25) is 0 Å². The van der Waals surface area contributed by atoms with Gasteiger partial charge >= 0.3 is 17.9 Å². The molecule has 1 aromatic rings. The Labute approximate surface area is 108 Å². The average molecular weight is 332 g/mol. The Morgan fingerprint density at radius 3 is 1.60 bits per heavy atom. The van der Waals surface area contributed by atoms with Gasteiger partial charge < -0.3 is 0 Å². The Bertz CT molecular complexity index is 495. The zero-order valence-corrected chi connectivity index (χ0v) is 9.66. The van der Waals surface area contributed by atoms with Crippen molar-refractivity contribution in [3.63, 3.8) is 0 Å². The summed E-state index contributed by atoms with van der Waals surface area (Å²) in [6, 6.07) is -0.882. The van der Waals surface area contributed by atoms with Gasteiger partial charge in [0, 0.05) is 4.90 Å². The summed E-state index contributed by atoms with van der Waals surface area (Å²) in [6.45, 7) is 0. The summed E-state index contributed by atoms with van der Waals surface area (Å²) in [4.78, 5) is -1.89. The maximum atomic E-state index is 13.1. The lowest BCUT2D eigenvalue weighted by molar-refractivity contribution is -0.145. The Morgan fingerprint density at radius 1 is 0.750 bits per heavy atom. The smallest absolute Gasteiger partial charge is 0.206 e. The van der Waals surface area contributed by atoms with Crippen molar-refractivity contribution in [1.29, 1.82) is 0 Å². The van der Waals surface area contributed by atoms with Crippen molar-refractivity contribution in [2.24, 2.45) is 0 Å². The molecule has 0 amide bonds. The van der Waals surface area contributed by atoms with Gasteiger partial charge in [0.05, 0.1) is 5.56 Å². The minimum Gasteiger partial charge on any atom is -0.206 e. The molecule has 0 aliphatic rings. The molecule has 11 heteroatoms. The first kappa shape index (κ1) is 16.9. The summed E-state index contributed by atoms with van der Waals surface area (Å²) in [5.41, 5.74) is -9.61. The number of hydrogen-bond acceptors (Lipinski definition) is 1. The maximum Gasteiger partial charge on any atom is 0.446 e. The van der Waals surface area contributed by atoms with Crippen LogP contribution in [-0.4, -0.2) is 5.51 Å². The van der Waals surface area contributed by atoms with Gasteiger partial charge in [-0.1, -0.05) is 0 Å². The van der Waals surface area contributed by atoms with Crippen molar-refractivity contribution in [1.82, 2.24) is 0 Å². The predicted octanol–water partition coefficient (Wildman–Crippen LogP) is 5.48. The van der Waals surface area contributed by atoms with Crippen LogP contribution in [0.3, 0.4) is 0 Å². The van der Waals surface area contributed by atoms with E-state index in [4.69, 9.17) is 0 Å². The minimum atomic E-state index is -5.55. The molecule has 0 spiro atoms. The Morgan fingerprint density at radius 2 is 1.25 bits per heavy atom. The molecule has 1 rings (SSSR count). The van der Waals surface area contributed by atoms with Crippen LogP contribution < -0.4 is 0 Å². The van der Waals surface area contributed by atoms with Crippen LogP contribution in [-0.2, 0) is 12.4 Å². The molecular weight excluding hydrogens is 330 g/mol. The van der Waals surface area contributed by atoms with E-state index in [9.17, 15) is 43.9 Å². The summed E-state index contributed by atoms with van der Waals surface area (Å²) in [7, 11) is 0. The van der Waals surface area contributed by atoms with Gasteiger partial charge in [0.25, 0.3) is 0 Å². The summed E-state index contributed by atoms with van der Waals surface area (Å²) >= 11 is -1.46. The highest BCUT2D eigenvalue weighted by Crippen LogP contribution is 2.46. The number of halogens is 10. The zero-order chi connectivity index (χ0) is 15.9. The predicted molar refractivity (Wildman–Crippen MR) is 48.3 cm³/mol. The summed E-state index contributed by atoms with van der Waals surface area (Å²) in [5.74, 6) is -2.42. The molecule has 0 aromatic heterocycles. The van der Waals surface area contributed by atoms with Crippen molar-refractivity contribution >= 4 is 11.8 Å². The molecule has 0 fully saturated rings. The number of hydrogen-bond donors (Lipinski definition) is 0. The second-order valence-electron chi connectivity index (χ2n) is 3.37. The monoisotopic (exact) mass is 332 g/mol. The van der Waals surface area contributed by atoms with Crippen molar-refractivity contribution in [3.05, 3.63) is 29.1 Å². The van der Waals surface area contributed by atoms with E-state index < -0.39 is 57.5 Å². The zero-order valence-electron chi connectivity index (χ0n) is 8.84. The largest absolute Gasteiger partial charge is 0.446 e. The van der Waals surface area contributed by atoms with Crippen LogP contribution in [0.15, 0.2) is 17.0 Å². The lowest BCUT2D eigenvalue weighted by Gasteiger charge is -2.17. The summed E-state index contributed by atoms with van der Waals surface area (Å²) in [5, 5.41) is 0. The molecule has 20 heavy (non-hydrogen) atoms. The van der Waals surface area contributed by atoms with E-state index in [1.807, 2.05) is 0 Å². The molecule has 0 bridgehead atoms. The highest BCUT2D eigenvalue weighted by Gasteiger charge is 2.43. The van der Waals surface area contributed by atoms with E-state index in [-0.39, 0.29) is 6.07 Å². The van der Waals surface area contributed by atoms with E-state index in [0.717, 1.165) is 0 Å². The van der Waals surface area contributed by atoms with Crippen molar-refractivity contribution in [3.8, 4) is 0 Å². The summed E-state index contributed by atoms with van der Waals surface area (Å²) in [6.07, 6.45) is -10.8. The molecule has 114 valence electrons. The first-order valence-corrected chi connectivity index (χ1v) is 5.27. The summed E-state index contributed by atoms with van der Waals surface area (Å²) < 4.78 is 123. The minimum absolute atomic E-state index is 0.385. The third kappa shape index (κ3) is 4.18. The number of thioether (sulfide) groups is 1. The van der Waals surface area contributed by atoms with Gasteiger partial charge in [0.1, 0.15) is 11.4 Å². The fraction of sp³-hybridized carbons (Fsp3) is 0.333. The Balaban J connectivity index is 3.53. The highest BCUT2D eigenvalue weighted by molar-refractivity contribution is 8.00. The topological polar surface area (TPSA) is 0 Å². The van der Waals surface area contributed by atoms with Crippen LogP contribution in [0.2, 0.25) is 0 Å². The molecule has 0 aliphatic carbocycles. The van der Waals surface area contributed by atoms with E-state index in [0.29, 0.717) is 0 Å². The van der Waals surface area contributed by atoms with Crippen LogP contribution in [0.1, 0.15) is 11.1 Å². The van der Waals surface area contributed by atoms with Gasteiger partial charge in [-0.25, -0.2) is 4.39 Å². The third-order valence-corrected chi connectivity index (χ3v) is 2.66. The van der Waals surface area contributed by atoms with E-state index in [1.165, 1.54) is 0 Å². The van der Waals surface area contributed by atoms with Gasteiger partial charge in [-0.15, -0.1) is 0 Å².